The second kappa shape index (κ2) is 47.0. The second-order valence-electron chi connectivity index (χ2n) is 18.1. The molecular weight excluding hydrogens is 846 g/mol. The molecule has 0 N–H and O–H groups in total. The number of rotatable bonds is 46. The quantitative estimate of drug-likeness (QED) is 0.0195. The predicted molar refractivity (Wildman–Crippen MR) is 277 cm³/mol. The van der Waals surface area contributed by atoms with Crippen molar-refractivity contribution < 1.29 is 42.1 Å². The lowest BCUT2D eigenvalue weighted by Gasteiger charge is -2.28. The first-order valence-electron chi connectivity index (χ1n) is 25.9. The van der Waals surface area contributed by atoms with Gasteiger partial charge in [-0.1, -0.05) is 201 Å². The van der Waals surface area contributed by atoms with Gasteiger partial charge in [-0.3, -0.25) is 14.2 Å². The van der Waals surface area contributed by atoms with Crippen LogP contribution in [-0.4, -0.2) is 70.0 Å². The van der Waals surface area contributed by atoms with Crippen LogP contribution in [0.25, 0.3) is 0 Å². The SMILES string of the molecule is CC/C=C\C/C=C\C/C=C\C/C=C\CCCCCCCCCCCCCCCCCCC(=O)OC(COC(=O)CC/C=C\C/C=C\C/C=C\C/C=C\CC)COP(=O)([O-])OCC[N+](C)(C)C. The van der Waals surface area contributed by atoms with Gasteiger partial charge in [0.15, 0.2) is 6.10 Å². The number of allylic oxidation sites excluding steroid dienone is 16. The van der Waals surface area contributed by atoms with Gasteiger partial charge in [0.1, 0.15) is 19.8 Å². The molecule has 9 nitrogen and oxygen atoms in total. The summed E-state index contributed by atoms with van der Waals surface area (Å²) in [4.78, 5) is 37.6. The normalized spacial score (nSPS) is 14.2. The molecule has 0 aliphatic carbocycles. The number of nitrogens with zero attached hydrogens (tertiary/aromatic N) is 1. The molecule has 66 heavy (non-hydrogen) atoms. The molecule has 2 atom stereocenters. The summed E-state index contributed by atoms with van der Waals surface area (Å²) in [5.41, 5.74) is 0. The summed E-state index contributed by atoms with van der Waals surface area (Å²) >= 11 is 0. The van der Waals surface area contributed by atoms with Crippen molar-refractivity contribution in [2.24, 2.45) is 0 Å². The molecule has 0 bridgehead atoms. The van der Waals surface area contributed by atoms with Gasteiger partial charge in [-0.05, 0) is 77.0 Å². The van der Waals surface area contributed by atoms with Crippen molar-refractivity contribution in [2.45, 2.75) is 200 Å². The molecule has 0 aromatic carbocycles. The lowest BCUT2D eigenvalue weighted by atomic mass is 10.0. The van der Waals surface area contributed by atoms with Gasteiger partial charge in [-0.2, -0.15) is 0 Å². The van der Waals surface area contributed by atoms with Crippen molar-refractivity contribution in [1.82, 2.24) is 0 Å². The van der Waals surface area contributed by atoms with Crippen molar-refractivity contribution in [1.29, 1.82) is 0 Å². The molecule has 0 heterocycles. The third-order valence-corrected chi connectivity index (χ3v) is 11.6. The van der Waals surface area contributed by atoms with Crippen LogP contribution < -0.4 is 4.89 Å². The molecule has 378 valence electrons. The first-order chi connectivity index (χ1) is 32.0. The average molecular weight is 942 g/mol. The minimum Gasteiger partial charge on any atom is -0.756 e. The van der Waals surface area contributed by atoms with Crippen LogP contribution in [-0.2, 0) is 32.7 Å². The number of likely N-dealkylation sites (N-methyl/N-ethyl adjacent to an activating group) is 1. The Labute approximate surface area is 404 Å². The molecule has 0 amide bonds. The van der Waals surface area contributed by atoms with E-state index in [0.717, 1.165) is 70.6 Å². The van der Waals surface area contributed by atoms with Crippen LogP contribution in [0.1, 0.15) is 194 Å². The summed E-state index contributed by atoms with van der Waals surface area (Å²) in [7, 11) is 1.12. The van der Waals surface area contributed by atoms with Gasteiger partial charge in [-0.25, -0.2) is 0 Å². The Hall–Kier alpha value is -3.07. The summed E-state index contributed by atoms with van der Waals surface area (Å²) in [6.45, 7) is 3.91. The van der Waals surface area contributed by atoms with Crippen LogP contribution in [0.15, 0.2) is 97.2 Å². The molecule has 0 aromatic heterocycles. The Bertz CT molecular complexity index is 1440. The molecule has 10 heteroatoms. The zero-order chi connectivity index (χ0) is 48.5. The van der Waals surface area contributed by atoms with E-state index in [1.807, 2.05) is 33.3 Å². The summed E-state index contributed by atoms with van der Waals surface area (Å²) in [5, 5.41) is 0. The molecule has 0 fully saturated rings. The first-order valence-corrected chi connectivity index (χ1v) is 27.4. The number of phosphoric ester groups is 1. The van der Waals surface area contributed by atoms with E-state index >= 15 is 0 Å². The minimum atomic E-state index is -4.65. The molecule has 0 spiro atoms. The first kappa shape index (κ1) is 62.9. The maximum Gasteiger partial charge on any atom is 0.306 e. The molecule has 2 unspecified atom stereocenters. The van der Waals surface area contributed by atoms with Crippen LogP contribution in [0.2, 0.25) is 0 Å². The average Bonchev–Trinajstić information content (AvgIpc) is 3.27. The fraction of sp³-hybridized carbons (Fsp3) is 0.679. The Balaban J connectivity index is 4.17. The molecule has 0 radical (unpaired) electrons. The van der Waals surface area contributed by atoms with Crippen LogP contribution in [0.5, 0.6) is 0 Å². The topological polar surface area (TPSA) is 111 Å². The number of carbonyl (C=O) groups is 2. The highest BCUT2D eigenvalue weighted by Crippen LogP contribution is 2.38. The Morgan fingerprint density at radius 3 is 1.27 bits per heavy atom. The van der Waals surface area contributed by atoms with Gasteiger partial charge in [-0.15, -0.1) is 0 Å². The summed E-state index contributed by atoms with van der Waals surface area (Å²) in [6, 6.07) is 0. The zero-order valence-corrected chi connectivity index (χ0v) is 43.5. The highest BCUT2D eigenvalue weighted by Gasteiger charge is 2.21. The maximum atomic E-state index is 12.7. The third-order valence-electron chi connectivity index (χ3n) is 10.6. The summed E-state index contributed by atoms with van der Waals surface area (Å²) in [6.07, 6.45) is 63.3. The largest absolute Gasteiger partial charge is 0.756 e. The van der Waals surface area contributed by atoms with E-state index in [0.29, 0.717) is 23.9 Å². The maximum absolute atomic E-state index is 12.7. The van der Waals surface area contributed by atoms with Gasteiger partial charge in [0.05, 0.1) is 27.7 Å². The van der Waals surface area contributed by atoms with Crippen LogP contribution in [0.4, 0.5) is 0 Å². The number of esters is 2. The van der Waals surface area contributed by atoms with Gasteiger partial charge < -0.3 is 27.9 Å². The molecule has 0 aromatic rings. The number of phosphoric acid groups is 1. The predicted octanol–water partition coefficient (Wildman–Crippen LogP) is 15.1. The highest BCUT2D eigenvalue weighted by atomic mass is 31.2. The Morgan fingerprint density at radius 1 is 0.470 bits per heavy atom. The summed E-state index contributed by atoms with van der Waals surface area (Å²) < 4.78 is 33.9. The number of unbranched alkanes of at least 4 members (excludes halogenated alkanes) is 16. The highest BCUT2D eigenvalue weighted by molar-refractivity contribution is 7.45. The van der Waals surface area contributed by atoms with E-state index in [-0.39, 0.29) is 26.1 Å². The van der Waals surface area contributed by atoms with Crippen LogP contribution >= 0.6 is 7.82 Å². The number of hydrogen-bond donors (Lipinski definition) is 0. The number of ether oxygens (including phenoxy) is 2. The van der Waals surface area contributed by atoms with E-state index < -0.39 is 32.5 Å². The molecular formula is C56H96NO8P. The van der Waals surface area contributed by atoms with Crippen molar-refractivity contribution >= 4 is 19.8 Å². The molecule has 0 rings (SSSR count). The molecule has 0 saturated carbocycles. The van der Waals surface area contributed by atoms with Gasteiger partial charge in [0.2, 0.25) is 0 Å². The van der Waals surface area contributed by atoms with Gasteiger partial charge >= 0.3 is 11.9 Å². The van der Waals surface area contributed by atoms with E-state index in [4.69, 9.17) is 18.5 Å². The summed E-state index contributed by atoms with van der Waals surface area (Å²) in [5.74, 6) is -0.933. The van der Waals surface area contributed by atoms with Crippen LogP contribution in [0.3, 0.4) is 0 Å². The fourth-order valence-corrected chi connectivity index (χ4v) is 7.39. The molecule has 0 saturated heterocycles. The van der Waals surface area contributed by atoms with E-state index in [2.05, 4.69) is 98.9 Å². The lowest BCUT2D eigenvalue weighted by molar-refractivity contribution is -0.870. The van der Waals surface area contributed by atoms with Gasteiger partial charge in [0, 0.05) is 12.8 Å². The smallest absolute Gasteiger partial charge is 0.306 e. The second-order valence-corrected chi connectivity index (χ2v) is 19.5. The minimum absolute atomic E-state index is 0.0450. The van der Waals surface area contributed by atoms with E-state index in [9.17, 15) is 19.0 Å². The van der Waals surface area contributed by atoms with Crippen molar-refractivity contribution in [2.75, 3.05) is 47.5 Å². The van der Waals surface area contributed by atoms with Crippen molar-refractivity contribution in [3.63, 3.8) is 0 Å². The molecule has 0 aliphatic heterocycles. The zero-order valence-electron chi connectivity index (χ0n) is 42.6. The number of quaternary nitrogens is 1. The van der Waals surface area contributed by atoms with E-state index in [1.165, 1.54) is 83.5 Å². The standard InChI is InChI=1S/C56H96NO8P/c1-6-8-10-12-14-16-18-20-21-22-23-24-25-26-27-28-29-30-31-32-33-34-35-37-39-41-43-45-47-49-56(59)65-54(53-64-66(60,61)63-51-50-57(3,4)5)52-62-55(58)48-46-44-42-40-38-36-19-17-15-13-11-9-7-2/h8-11,14-17,20-21,23-24,36,38,42,44,54H,6-7,12-13,18-19,22,25-35,37,39-41,43,45-53H2,1-5H3/b10-8-,11-9-,16-14-,17-15-,21-20-,24-23-,38-36-,44-42-. The Morgan fingerprint density at radius 2 is 0.848 bits per heavy atom. The number of carbonyl (C=O) groups excluding carboxylic acids is 2. The lowest BCUT2D eigenvalue weighted by Crippen LogP contribution is -2.37. The van der Waals surface area contributed by atoms with E-state index in [1.54, 1.807) is 0 Å². The number of hydrogen-bond acceptors (Lipinski definition) is 8. The van der Waals surface area contributed by atoms with Crippen molar-refractivity contribution in [3.05, 3.63) is 97.2 Å². The Kier molecular flexibility index (Phi) is 44.8. The molecule has 0 aliphatic rings. The van der Waals surface area contributed by atoms with Crippen LogP contribution in [0, 0.1) is 0 Å². The van der Waals surface area contributed by atoms with Crippen molar-refractivity contribution in [3.8, 4) is 0 Å². The fourth-order valence-electron chi connectivity index (χ4n) is 6.66. The monoisotopic (exact) mass is 942 g/mol. The van der Waals surface area contributed by atoms with Gasteiger partial charge in [0.25, 0.3) is 7.82 Å². The third kappa shape index (κ3) is 50.3.